The predicted molar refractivity (Wildman–Crippen MR) is 99.0 cm³/mol. The van der Waals surface area contributed by atoms with E-state index in [1.807, 2.05) is 30.3 Å². The molecule has 0 aliphatic carbocycles. The van der Waals surface area contributed by atoms with Gasteiger partial charge in [-0.15, -0.1) is 4.33 Å². The van der Waals surface area contributed by atoms with E-state index >= 15 is 0 Å². The van der Waals surface area contributed by atoms with Crippen LogP contribution in [0.5, 0.6) is 0 Å². The second-order valence-electron chi connectivity index (χ2n) is 4.61. The topological polar surface area (TPSA) is 93.1 Å². The van der Waals surface area contributed by atoms with Crippen LogP contribution in [0.2, 0.25) is 0 Å². The second-order valence-corrected chi connectivity index (χ2v) is 9.67. The molecule has 24 heavy (non-hydrogen) atoms. The zero-order valence-corrected chi connectivity index (χ0v) is 16.0. The van der Waals surface area contributed by atoms with Gasteiger partial charge in [-0.2, -0.15) is 8.42 Å². The molecule has 0 aliphatic rings. The van der Waals surface area contributed by atoms with Crippen LogP contribution in [0.3, 0.4) is 0 Å². The lowest BCUT2D eigenvalue weighted by molar-refractivity contribution is -0.432. The van der Waals surface area contributed by atoms with Gasteiger partial charge < -0.3 is 0 Å². The summed E-state index contributed by atoms with van der Waals surface area (Å²) >= 11 is 0.928. The van der Waals surface area contributed by atoms with Crippen LogP contribution in [0.4, 0.5) is 0 Å². The molecule has 0 bridgehead atoms. The van der Waals surface area contributed by atoms with Gasteiger partial charge in [0.2, 0.25) is 0 Å². The van der Waals surface area contributed by atoms with E-state index < -0.39 is 10.1 Å². The average Bonchev–Trinajstić information content (AvgIpc) is 2.57. The van der Waals surface area contributed by atoms with Gasteiger partial charge in [-0.25, -0.2) is 5.26 Å². The molecule has 2 rings (SSSR count). The normalized spacial score (nSPS) is 12.6. The predicted octanol–water partition coefficient (Wildman–Crippen LogP) is 2.67. The highest BCUT2D eigenvalue weighted by Gasteiger charge is 2.09. The van der Waals surface area contributed by atoms with Gasteiger partial charge in [0.1, 0.15) is 0 Å². The summed E-state index contributed by atoms with van der Waals surface area (Å²) in [5.74, 6) is 0. The summed E-state index contributed by atoms with van der Waals surface area (Å²) < 4.78 is 35.7. The summed E-state index contributed by atoms with van der Waals surface area (Å²) in [5.41, 5.74) is 0. The van der Waals surface area contributed by atoms with Gasteiger partial charge in [0, 0.05) is 4.90 Å². The van der Waals surface area contributed by atoms with E-state index in [4.69, 9.17) is 9.81 Å². The molecule has 0 saturated carbocycles. The molecule has 0 radical (unpaired) electrons. The van der Waals surface area contributed by atoms with E-state index in [1.165, 1.54) is 12.1 Å². The maximum absolute atomic E-state index is 11.1. The SMILES string of the molecule is O=S(=O)(O)c1cccc(PCCPc2cccc(SOOO)c2)c1. The number of rotatable bonds is 9. The van der Waals surface area contributed by atoms with E-state index in [9.17, 15) is 8.42 Å². The molecule has 0 saturated heterocycles. The standard InChI is InChI=1S/C14H16O6P2S2/c15-19-20-23-13-5-1-3-11(9-13)21-7-8-22-12-4-2-6-14(10-12)24(16,17)18/h1-6,9-10,15,21-22H,7-8H2,(H,16,17,18). The van der Waals surface area contributed by atoms with Crippen molar-refractivity contribution in [1.29, 1.82) is 0 Å². The summed E-state index contributed by atoms with van der Waals surface area (Å²) in [6, 6.07) is 14.1. The minimum atomic E-state index is -4.15. The van der Waals surface area contributed by atoms with Crippen LogP contribution in [0.25, 0.3) is 0 Å². The van der Waals surface area contributed by atoms with Crippen LogP contribution < -0.4 is 10.6 Å². The van der Waals surface area contributed by atoms with Crippen LogP contribution in [0.15, 0.2) is 58.3 Å². The fourth-order valence-corrected chi connectivity index (χ4v) is 5.57. The van der Waals surface area contributed by atoms with Gasteiger partial charge in [-0.05, 0) is 47.2 Å². The van der Waals surface area contributed by atoms with Gasteiger partial charge in [-0.1, -0.05) is 46.5 Å². The summed E-state index contributed by atoms with van der Waals surface area (Å²) in [7, 11) is -3.06. The Morgan fingerprint density at radius 1 is 1.00 bits per heavy atom. The zero-order chi connectivity index (χ0) is 17.4. The molecule has 6 nitrogen and oxygen atoms in total. The molecule has 2 aromatic carbocycles. The molecule has 2 unspecified atom stereocenters. The Morgan fingerprint density at radius 2 is 1.62 bits per heavy atom. The molecular weight excluding hydrogens is 390 g/mol. The first-order valence-corrected chi connectivity index (χ1v) is 11.4. The average molecular weight is 406 g/mol. The van der Waals surface area contributed by atoms with E-state index in [0.29, 0.717) is 17.2 Å². The third-order valence-electron chi connectivity index (χ3n) is 2.91. The molecule has 0 aliphatic heterocycles. The molecule has 10 heteroatoms. The second kappa shape index (κ2) is 9.80. The van der Waals surface area contributed by atoms with Crippen molar-refractivity contribution in [3.8, 4) is 0 Å². The highest BCUT2D eigenvalue weighted by Crippen LogP contribution is 2.22. The van der Waals surface area contributed by atoms with Crippen molar-refractivity contribution < 1.29 is 27.6 Å². The van der Waals surface area contributed by atoms with Crippen LogP contribution in [0, 0.1) is 0 Å². The third kappa shape index (κ3) is 6.75. The molecule has 2 aromatic rings. The van der Waals surface area contributed by atoms with E-state index in [-0.39, 0.29) is 4.90 Å². The Morgan fingerprint density at radius 3 is 2.25 bits per heavy atom. The van der Waals surface area contributed by atoms with Crippen molar-refractivity contribution in [3.63, 3.8) is 0 Å². The smallest absolute Gasteiger partial charge is 0.282 e. The first-order chi connectivity index (χ1) is 11.5. The number of hydrogen-bond donors (Lipinski definition) is 2. The zero-order valence-electron chi connectivity index (χ0n) is 12.4. The summed E-state index contributed by atoms with van der Waals surface area (Å²) in [4.78, 5) is 0.767. The number of benzene rings is 2. The maximum Gasteiger partial charge on any atom is 0.294 e. The first-order valence-electron chi connectivity index (χ1n) is 6.79. The fraction of sp³-hybridized carbons (Fsp3) is 0.143. The van der Waals surface area contributed by atoms with Crippen molar-refractivity contribution in [2.24, 2.45) is 0 Å². The van der Waals surface area contributed by atoms with Crippen LogP contribution >= 0.6 is 29.2 Å². The molecule has 0 spiro atoms. The molecule has 2 atom stereocenters. The molecule has 0 aromatic heterocycles. The van der Waals surface area contributed by atoms with E-state index in [1.54, 1.807) is 6.07 Å². The van der Waals surface area contributed by atoms with Crippen molar-refractivity contribution in [2.75, 3.05) is 12.3 Å². The lowest BCUT2D eigenvalue weighted by Crippen LogP contribution is -2.04. The van der Waals surface area contributed by atoms with E-state index in [2.05, 4.69) is 9.37 Å². The van der Waals surface area contributed by atoms with Gasteiger partial charge >= 0.3 is 0 Å². The number of hydrogen-bond acceptors (Lipinski definition) is 6. The summed E-state index contributed by atoms with van der Waals surface area (Å²) in [6.45, 7) is 0. The Labute approximate surface area is 148 Å². The van der Waals surface area contributed by atoms with Gasteiger partial charge in [0.15, 0.2) is 0 Å². The van der Waals surface area contributed by atoms with Gasteiger partial charge in [0.05, 0.1) is 16.9 Å². The fourth-order valence-electron chi connectivity index (χ4n) is 1.89. The Balaban J connectivity index is 1.83. The van der Waals surface area contributed by atoms with Crippen LogP contribution in [-0.2, 0) is 19.5 Å². The largest absolute Gasteiger partial charge is 0.294 e. The lowest BCUT2D eigenvalue weighted by atomic mass is 10.4. The van der Waals surface area contributed by atoms with Crippen LogP contribution in [-0.4, -0.2) is 30.6 Å². The highest BCUT2D eigenvalue weighted by atomic mass is 32.2. The summed E-state index contributed by atoms with van der Waals surface area (Å²) in [6.07, 6.45) is 1.90. The quantitative estimate of drug-likeness (QED) is 0.165. The van der Waals surface area contributed by atoms with Crippen molar-refractivity contribution in [1.82, 2.24) is 0 Å². The van der Waals surface area contributed by atoms with Crippen molar-refractivity contribution in [2.45, 2.75) is 9.79 Å². The monoisotopic (exact) mass is 406 g/mol. The Kier molecular flexibility index (Phi) is 8.07. The minimum Gasteiger partial charge on any atom is -0.282 e. The third-order valence-corrected chi connectivity index (χ3v) is 7.27. The van der Waals surface area contributed by atoms with Crippen molar-refractivity contribution >= 4 is 49.9 Å². The molecule has 0 heterocycles. The molecule has 0 amide bonds. The lowest BCUT2D eigenvalue weighted by Gasteiger charge is -2.06. The Bertz CT molecular complexity index is 769. The van der Waals surface area contributed by atoms with Crippen molar-refractivity contribution in [3.05, 3.63) is 48.5 Å². The summed E-state index contributed by atoms with van der Waals surface area (Å²) in [5, 5.41) is 13.8. The van der Waals surface area contributed by atoms with E-state index in [0.717, 1.165) is 39.9 Å². The van der Waals surface area contributed by atoms with Gasteiger partial charge in [0.25, 0.3) is 10.1 Å². The minimum absolute atomic E-state index is 0.0641. The molecule has 130 valence electrons. The molecule has 2 N–H and O–H groups in total. The van der Waals surface area contributed by atoms with Gasteiger partial charge in [-0.3, -0.25) is 4.55 Å². The Hall–Kier alpha value is -0.560. The maximum atomic E-state index is 11.1. The first kappa shape index (κ1) is 19.8. The highest BCUT2D eigenvalue weighted by molar-refractivity contribution is 7.94. The molecule has 0 fully saturated rings. The van der Waals surface area contributed by atoms with Crippen LogP contribution in [0.1, 0.15) is 0 Å². The molecular formula is C14H16O6P2S2.